The molecule has 3 atom stereocenters. The predicted octanol–water partition coefficient (Wildman–Crippen LogP) is 2.38. The third-order valence-corrected chi connectivity index (χ3v) is 3.56. The zero-order valence-corrected chi connectivity index (χ0v) is 10.00. The molecule has 0 aliphatic carbocycles. The topological polar surface area (TPSA) is 29.3 Å². The summed E-state index contributed by atoms with van der Waals surface area (Å²) in [5, 5.41) is 0. The fraction of sp³-hybridized carbons (Fsp3) is 1.00. The number of nitrogens with two attached hydrogens (primary N) is 1. The van der Waals surface area contributed by atoms with E-state index in [9.17, 15) is 0 Å². The van der Waals surface area contributed by atoms with Crippen LogP contribution in [0.4, 0.5) is 0 Å². The second-order valence-electron chi connectivity index (χ2n) is 4.66. The highest BCUT2D eigenvalue weighted by atomic mass is 15.2. The third kappa shape index (κ3) is 2.71. The first-order valence-corrected chi connectivity index (χ1v) is 6.22. The number of nitrogens with zero attached hydrogens (tertiary/aromatic N) is 1. The maximum Gasteiger partial charge on any atom is 0.0247 e. The molecule has 1 aliphatic rings. The van der Waals surface area contributed by atoms with Gasteiger partial charge in [-0.05, 0) is 39.2 Å². The largest absolute Gasteiger partial charge is 0.326 e. The van der Waals surface area contributed by atoms with Crippen molar-refractivity contribution in [3.8, 4) is 0 Å². The molecule has 2 nitrogen and oxygen atoms in total. The molecule has 0 spiro atoms. The summed E-state index contributed by atoms with van der Waals surface area (Å²) in [4.78, 5) is 2.63. The van der Waals surface area contributed by atoms with Crippen LogP contribution in [0.15, 0.2) is 0 Å². The van der Waals surface area contributed by atoms with Crippen molar-refractivity contribution in [1.29, 1.82) is 0 Å². The van der Waals surface area contributed by atoms with E-state index in [-0.39, 0.29) is 0 Å². The van der Waals surface area contributed by atoms with Gasteiger partial charge in [0.05, 0.1) is 0 Å². The molecule has 3 unspecified atom stereocenters. The molecule has 1 aliphatic heterocycles. The van der Waals surface area contributed by atoms with E-state index in [0.29, 0.717) is 12.1 Å². The lowest BCUT2D eigenvalue weighted by atomic mass is 9.99. The van der Waals surface area contributed by atoms with Crippen LogP contribution in [0.25, 0.3) is 0 Å². The average Bonchev–Trinajstić information content (AvgIpc) is 2.54. The standard InChI is InChI=1S/C12H26N2/c1-4-7-11(13)12(5-2)14-9-6-8-10(14)3/h10-12H,4-9,13H2,1-3H3. The molecule has 1 heterocycles. The van der Waals surface area contributed by atoms with Crippen LogP contribution >= 0.6 is 0 Å². The van der Waals surface area contributed by atoms with Crippen molar-refractivity contribution in [2.24, 2.45) is 5.73 Å². The Morgan fingerprint density at radius 1 is 1.43 bits per heavy atom. The van der Waals surface area contributed by atoms with Gasteiger partial charge in [0.25, 0.3) is 0 Å². The SMILES string of the molecule is CCCC(N)C(CC)N1CCCC1C. The van der Waals surface area contributed by atoms with Crippen molar-refractivity contribution in [1.82, 2.24) is 4.90 Å². The van der Waals surface area contributed by atoms with Gasteiger partial charge in [-0.15, -0.1) is 0 Å². The Balaban J connectivity index is 2.51. The van der Waals surface area contributed by atoms with Crippen LogP contribution in [0.5, 0.6) is 0 Å². The second kappa shape index (κ2) is 5.72. The Morgan fingerprint density at radius 2 is 2.14 bits per heavy atom. The summed E-state index contributed by atoms with van der Waals surface area (Å²) in [6.45, 7) is 8.09. The first-order valence-electron chi connectivity index (χ1n) is 6.22. The first-order chi connectivity index (χ1) is 6.70. The molecule has 2 heteroatoms. The number of hydrogen-bond donors (Lipinski definition) is 1. The molecule has 14 heavy (non-hydrogen) atoms. The van der Waals surface area contributed by atoms with Gasteiger partial charge in [-0.2, -0.15) is 0 Å². The minimum atomic E-state index is 0.380. The van der Waals surface area contributed by atoms with Crippen molar-refractivity contribution >= 4 is 0 Å². The molecule has 0 radical (unpaired) electrons. The number of rotatable bonds is 5. The van der Waals surface area contributed by atoms with E-state index >= 15 is 0 Å². The maximum absolute atomic E-state index is 6.24. The Bertz CT molecular complexity index is 158. The highest BCUT2D eigenvalue weighted by Gasteiger charge is 2.29. The van der Waals surface area contributed by atoms with Gasteiger partial charge in [-0.1, -0.05) is 20.3 Å². The van der Waals surface area contributed by atoms with Crippen LogP contribution < -0.4 is 5.73 Å². The smallest absolute Gasteiger partial charge is 0.0247 e. The summed E-state index contributed by atoms with van der Waals surface area (Å²) < 4.78 is 0. The van der Waals surface area contributed by atoms with Crippen molar-refractivity contribution in [2.75, 3.05) is 6.54 Å². The quantitative estimate of drug-likeness (QED) is 0.735. The van der Waals surface area contributed by atoms with Gasteiger partial charge in [-0.3, -0.25) is 4.90 Å². The molecule has 0 amide bonds. The monoisotopic (exact) mass is 198 g/mol. The van der Waals surface area contributed by atoms with E-state index in [2.05, 4.69) is 25.7 Å². The van der Waals surface area contributed by atoms with Gasteiger partial charge in [0, 0.05) is 18.1 Å². The molecule has 0 bridgehead atoms. The fourth-order valence-corrected chi connectivity index (χ4v) is 2.76. The summed E-state index contributed by atoms with van der Waals surface area (Å²) in [6.07, 6.45) is 6.29. The molecule has 1 rings (SSSR count). The van der Waals surface area contributed by atoms with E-state index < -0.39 is 0 Å². The zero-order valence-electron chi connectivity index (χ0n) is 10.00. The van der Waals surface area contributed by atoms with Crippen molar-refractivity contribution in [3.05, 3.63) is 0 Å². The zero-order chi connectivity index (χ0) is 10.6. The highest BCUT2D eigenvalue weighted by Crippen LogP contribution is 2.23. The minimum Gasteiger partial charge on any atom is -0.326 e. The first kappa shape index (κ1) is 12.0. The molecule has 1 saturated heterocycles. The summed E-state index contributed by atoms with van der Waals surface area (Å²) in [7, 11) is 0. The lowest BCUT2D eigenvalue weighted by molar-refractivity contribution is 0.155. The molecule has 0 aromatic heterocycles. The fourth-order valence-electron chi connectivity index (χ4n) is 2.76. The van der Waals surface area contributed by atoms with Crippen LogP contribution in [0.1, 0.15) is 52.9 Å². The molecule has 1 fully saturated rings. The van der Waals surface area contributed by atoms with Gasteiger partial charge in [0.1, 0.15) is 0 Å². The van der Waals surface area contributed by atoms with Gasteiger partial charge < -0.3 is 5.73 Å². The highest BCUT2D eigenvalue weighted by molar-refractivity contribution is 4.87. The van der Waals surface area contributed by atoms with E-state index in [0.717, 1.165) is 6.04 Å². The maximum atomic E-state index is 6.24. The molecule has 0 saturated carbocycles. The Labute approximate surface area is 88.8 Å². The van der Waals surface area contributed by atoms with Crippen LogP contribution in [-0.2, 0) is 0 Å². The van der Waals surface area contributed by atoms with Gasteiger partial charge in [0.2, 0.25) is 0 Å². The van der Waals surface area contributed by atoms with E-state index in [1.54, 1.807) is 0 Å². The van der Waals surface area contributed by atoms with Crippen molar-refractivity contribution in [2.45, 2.75) is 71.0 Å². The normalized spacial score (nSPS) is 27.9. The summed E-state index contributed by atoms with van der Waals surface area (Å²) in [6, 6.07) is 1.75. The average molecular weight is 198 g/mol. The molecule has 0 aromatic rings. The lowest BCUT2D eigenvalue weighted by Crippen LogP contribution is -2.48. The van der Waals surface area contributed by atoms with Crippen LogP contribution in [0, 0.1) is 0 Å². The molecule has 2 N–H and O–H groups in total. The summed E-state index contributed by atoms with van der Waals surface area (Å²) in [5.74, 6) is 0. The van der Waals surface area contributed by atoms with E-state index in [4.69, 9.17) is 5.73 Å². The van der Waals surface area contributed by atoms with Crippen molar-refractivity contribution in [3.63, 3.8) is 0 Å². The van der Waals surface area contributed by atoms with Gasteiger partial charge in [-0.25, -0.2) is 0 Å². The lowest BCUT2D eigenvalue weighted by Gasteiger charge is -2.34. The van der Waals surface area contributed by atoms with Gasteiger partial charge >= 0.3 is 0 Å². The van der Waals surface area contributed by atoms with E-state index in [1.807, 2.05) is 0 Å². The van der Waals surface area contributed by atoms with Crippen LogP contribution in [0.3, 0.4) is 0 Å². The predicted molar refractivity (Wildman–Crippen MR) is 62.4 cm³/mol. The Morgan fingerprint density at radius 3 is 2.57 bits per heavy atom. The number of likely N-dealkylation sites (tertiary alicyclic amines) is 1. The Kier molecular flexibility index (Phi) is 4.90. The van der Waals surface area contributed by atoms with Crippen LogP contribution in [-0.4, -0.2) is 29.6 Å². The second-order valence-corrected chi connectivity index (χ2v) is 4.66. The molecule has 0 aromatic carbocycles. The van der Waals surface area contributed by atoms with Gasteiger partial charge in [0.15, 0.2) is 0 Å². The number of hydrogen-bond acceptors (Lipinski definition) is 2. The van der Waals surface area contributed by atoms with Crippen molar-refractivity contribution < 1.29 is 0 Å². The summed E-state index contributed by atoms with van der Waals surface area (Å²) in [5.41, 5.74) is 6.24. The minimum absolute atomic E-state index is 0.380. The van der Waals surface area contributed by atoms with Crippen LogP contribution in [0.2, 0.25) is 0 Å². The molecular formula is C12H26N2. The third-order valence-electron chi connectivity index (χ3n) is 3.56. The molecule has 84 valence electrons. The Hall–Kier alpha value is -0.0800. The van der Waals surface area contributed by atoms with E-state index in [1.165, 1.54) is 38.6 Å². The molecular weight excluding hydrogens is 172 g/mol. The summed E-state index contributed by atoms with van der Waals surface area (Å²) >= 11 is 0.